The van der Waals surface area contributed by atoms with Gasteiger partial charge >= 0.3 is 5.97 Å². The quantitative estimate of drug-likeness (QED) is 0.605. The van der Waals surface area contributed by atoms with Crippen LogP contribution in [0.4, 0.5) is 0 Å². The van der Waals surface area contributed by atoms with Gasteiger partial charge in [-0.05, 0) is 19.8 Å². The smallest absolute Gasteiger partial charge is 0.333 e. The standard InChI is InChI=1S/C17H26N2O4S/c1-2-23-17(22)10-16-19(15(21)12-24-16)11-14(20)18-13-8-6-4-3-5-7-9-13/h10,13H,2-9,11-12H2,1H3,(H,18,20). The van der Waals surface area contributed by atoms with Gasteiger partial charge in [0.15, 0.2) is 0 Å². The molecule has 0 aromatic carbocycles. The fourth-order valence-electron chi connectivity index (χ4n) is 3.00. The molecule has 1 saturated carbocycles. The number of carbonyl (C=O) groups is 3. The average molecular weight is 354 g/mol. The minimum atomic E-state index is -0.486. The van der Waals surface area contributed by atoms with Crippen molar-refractivity contribution in [1.29, 1.82) is 0 Å². The van der Waals surface area contributed by atoms with Crippen LogP contribution in [0.15, 0.2) is 11.1 Å². The lowest BCUT2D eigenvalue weighted by atomic mass is 9.97. The molecule has 6 nitrogen and oxygen atoms in total. The lowest BCUT2D eigenvalue weighted by molar-refractivity contribution is -0.137. The van der Waals surface area contributed by atoms with Gasteiger partial charge in [0.1, 0.15) is 6.54 Å². The fraction of sp³-hybridized carbons (Fsp3) is 0.706. The zero-order valence-corrected chi connectivity index (χ0v) is 15.0. The maximum absolute atomic E-state index is 12.3. The third kappa shape index (κ3) is 5.85. The number of ether oxygens (including phenoxy) is 1. The number of hydrogen-bond donors (Lipinski definition) is 1. The SMILES string of the molecule is CCOC(=O)C=C1SCC(=O)N1CC(=O)NC1CCCCCCC1. The number of hydrogen-bond acceptors (Lipinski definition) is 5. The molecule has 2 fully saturated rings. The highest BCUT2D eigenvalue weighted by Crippen LogP contribution is 2.28. The predicted molar refractivity (Wildman–Crippen MR) is 93.1 cm³/mol. The molecule has 0 aromatic rings. The topological polar surface area (TPSA) is 75.7 Å². The zero-order valence-electron chi connectivity index (χ0n) is 14.2. The summed E-state index contributed by atoms with van der Waals surface area (Å²) in [5.41, 5.74) is 0. The summed E-state index contributed by atoms with van der Waals surface area (Å²) in [6, 6.07) is 0.195. The number of esters is 1. The van der Waals surface area contributed by atoms with Crippen LogP contribution in [0.1, 0.15) is 51.9 Å². The van der Waals surface area contributed by atoms with Crippen LogP contribution < -0.4 is 5.32 Å². The molecule has 1 aliphatic carbocycles. The summed E-state index contributed by atoms with van der Waals surface area (Å²) in [5.74, 6) is -0.545. The summed E-state index contributed by atoms with van der Waals surface area (Å²) < 4.78 is 4.87. The van der Waals surface area contributed by atoms with Gasteiger partial charge in [0.25, 0.3) is 0 Å². The summed E-state index contributed by atoms with van der Waals surface area (Å²) in [6.07, 6.45) is 9.29. The zero-order chi connectivity index (χ0) is 17.4. The molecule has 1 N–H and O–H groups in total. The Morgan fingerprint density at radius 1 is 1.25 bits per heavy atom. The minimum Gasteiger partial charge on any atom is -0.463 e. The Hall–Kier alpha value is -1.50. The third-order valence-corrected chi connectivity index (χ3v) is 5.24. The Morgan fingerprint density at radius 2 is 1.92 bits per heavy atom. The summed E-state index contributed by atoms with van der Waals surface area (Å²) in [4.78, 5) is 37.2. The van der Waals surface area contributed by atoms with E-state index in [1.54, 1.807) is 6.92 Å². The van der Waals surface area contributed by atoms with Crippen molar-refractivity contribution in [3.05, 3.63) is 11.1 Å². The first kappa shape index (κ1) is 18.8. The van der Waals surface area contributed by atoms with Crippen LogP contribution in [0.5, 0.6) is 0 Å². The van der Waals surface area contributed by atoms with Crippen molar-refractivity contribution in [3.8, 4) is 0 Å². The van der Waals surface area contributed by atoms with Crippen molar-refractivity contribution in [2.24, 2.45) is 0 Å². The Bertz CT molecular complexity index is 499. The Labute approximate surface area is 147 Å². The lowest BCUT2D eigenvalue weighted by Crippen LogP contribution is -2.42. The van der Waals surface area contributed by atoms with E-state index in [1.165, 1.54) is 42.0 Å². The van der Waals surface area contributed by atoms with E-state index in [0.29, 0.717) is 5.03 Å². The van der Waals surface area contributed by atoms with Crippen LogP contribution in [0.3, 0.4) is 0 Å². The summed E-state index contributed by atoms with van der Waals surface area (Å²) in [7, 11) is 0. The number of amides is 2. The molecule has 0 spiro atoms. The second-order valence-corrected chi connectivity index (χ2v) is 7.11. The van der Waals surface area contributed by atoms with Gasteiger partial charge in [-0.15, -0.1) is 0 Å². The van der Waals surface area contributed by atoms with Crippen molar-refractivity contribution < 1.29 is 19.1 Å². The molecule has 0 unspecified atom stereocenters. The molecule has 2 amide bonds. The second kappa shape index (κ2) is 9.71. The molecule has 2 rings (SSSR count). The molecule has 1 aliphatic heterocycles. The van der Waals surface area contributed by atoms with Gasteiger partial charge in [-0.2, -0.15) is 0 Å². The van der Waals surface area contributed by atoms with Crippen molar-refractivity contribution in [3.63, 3.8) is 0 Å². The molecule has 0 bridgehead atoms. The number of thioether (sulfide) groups is 1. The van der Waals surface area contributed by atoms with Gasteiger partial charge in [0, 0.05) is 6.04 Å². The second-order valence-electron chi connectivity index (χ2n) is 6.11. The van der Waals surface area contributed by atoms with E-state index in [1.807, 2.05) is 0 Å². The van der Waals surface area contributed by atoms with E-state index in [0.717, 1.165) is 25.7 Å². The third-order valence-electron chi connectivity index (χ3n) is 4.21. The Morgan fingerprint density at radius 3 is 2.58 bits per heavy atom. The van der Waals surface area contributed by atoms with Gasteiger partial charge in [-0.3, -0.25) is 14.5 Å². The first-order valence-electron chi connectivity index (χ1n) is 8.71. The number of rotatable bonds is 5. The number of nitrogens with one attached hydrogen (secondary N) is 1. The van der Waals surface area contributed by atoms with Crippen molar-refractivity contribution >= 4 is 29.5 Å². The van der Waals surface area contributed by atoms with Crippen molar-refractivity contribution in [2.45, 2.75) is 57.9 Å². The van der Waals surface area contributed by atoms with E-state index in [-0.39, 0.29) is 36.8 Å². The molecule has 1 heterocycles. The van der Waals surface area contributed by atoms with E-state index >= 15 is 0 Å². The lowest BCUT2D eigenvalue weighted by Gasteiger charge is -2.23. The monoisotopic (exact) mass is 354 g/mol. The van der Waals surface area contributed by atoms with Gasteiger partial charge in [0.2, 0.25) is 11.8 Å². The van der Waals surface area contributed by atoms with E-state index in [2.05, 4.69) is 5.32 Å². The molecule has 0 atom stereocenters. The van der Waals surface area contributed by atoms with Crippen LogP contribution in [0, 0.1) is 0 Å². The van der Waals surface area contributed by atoms with Gasteiger partial charge in [-0.25, -0.2) is 4.79 Å². The normalized spacial score (nSPS) is 21.5. The molecular weight excluding hydrogens is 328 g/mol. The maximum Gasteiger partial charge on any atom is 0.333 e. The fourth-order valence-corrected chi connectivity index (χ4v) is 3.93. The van der Waals surface area contributed by atoms with E-state index in [4.69, 9.17) is 4.74 Å². The molecule has 0 radical (unpaired) electrons. The van der Waals surface area contributed by atoms with E-state index in [9.17, 15) is 14.4 Å². The molecule has 24 heavy (non-hydrogen) atoms. The molecular formula is C17H26N2O4S. The van der Waals surface area contributed by atoms with Crippen molar-refractivity contribution in [1.82, 2.24) is 10.2 Å². The Balaban J connectivity index is 1.90. The maximum atomic E-state index is 12.3. The van der Waals surface area contributed by atoms with Crippen LogP contribution >= 0.6 is 11.8 Å². The minimum absolute atomic E-state index is 0.0342. The summed E-state index contributed by atoms with van der Waals surface area (Å²) in [6.45, 7) is 1.97. The van der Waals surface area contributed by atoms with Crippen LogP contribution in [-0.4, -0.2) is 47.6 Å². The van der Waals surface area contributed by atoms with Crippen LogP contribution in [-0.2, 0) is 19.1 Å². The number of carbonyl (C=O) groups excluding carboxylic acids is 3. The van der Waals surface area contributed by atoms with Gasteiger partial charge < -0.3 is 10.1 Å². The highest BCUT2D eigenvalue weighted by molar-refractivity contribution is 8.04. The van der Waals surface area contributed by atoms with E-state index < -0.39 is 5.97 Å². The predicted octanol–water partition coefficient (Wildman–Crippen LogP) is 2.20. The van der Waals surface area contributed by atoms with Gasteiger partial charge in [-0.1, -0.05) is 43.9 Å². The molecule has 2 aliphatic rings. The van der Waals surface area contributed by atoms with Crippen LogP contribution in [0.2, 0.25) is 0 Å². The van der Waals surface area contributed by atoms with Gasteiger partial charge in [0.05, 0.1) is 23.5 Å². The highest BCUT2D eigenvalue weighted by atomic mass is 32.2. The highest BCUT2D eigenvalue weighted by Gasteiger charge is 2.29. The molecule has 134 valence electrons. The first-order valence-corrected chi connectivity index (χ1v) is 9.69. The van der Waals surface area contributed by atoms with Crippen molar-refractivity contribution in [2.75, 3.05) is 18.9 Å². The number of nitrogens with zero attached hydrogens (tertiary/aromatic N) is 1. The average Bonchev–Trinajstić information content (AvgIpc) is 2.83. The Kier molecular flexibility index (Phi) is 7.62. The summed E-state index contributed by atoms with van der Waals surface area (Å²) in [5, 5.41) is 3.54. The molecule has 7 heteroatoms. The molecule has 0 aromatic heterocycles. The molecule has 1 saturated heterocycles. The first-order chi connectivity index (χ1) is 11.6. The van der Waals surface area contributed by atoms with Crippen LogP contribution in [0.25, 0.3) is 0 Å². The largest absolute Gasteiger partial charge is 0.463 e. The summed E-state index contributed by atoms with van der Waals surface area (Å²) >= 11 is 1.26.